The number of Topliss-reactive ketones (excluding diaryl/α,β-unsaturated/α-hetero) is 2. The molecule has 50 heavy (non-hydrogen) atoms. The number of fused-ring (bicyclic) bond motifs is 2. The Kier molecular flexibility index (Phi) is 9.54. The van der Waals surface area contributed by atoms with E-state index in [1.165, 1.54) is 56.9 Å². The third kappa shape index (κ3) is 5.70. The zero-order valence-electron chi connectivity index (χ0n) is 29.0. The summed E-state index contributed by atoms with van der Waals surface area (Å²) >= 11 is 0. The van der Waals surface area contributed by atoms with Crippen LogP contribution in [0.15, 0.2) is 54.6 Å². The van der Waals surface area contributed by atoms with Crippen LogP contribution in [-0.4, -0.2) is 68.4 Å². The molecule has 4 aromatic rings. The van der Waals surface area contributed by atoms with Crippen LogP contribution in [0.2, 0.25) is 0 Å². The van der Waals surface area contributed by atoms with Gasteiger partial charge in [0.25, 0.3) is 0 Å². The van der Waals surface area contributed by atoms with Crippen molar-refractivity contribution < 1.29 is 57.0 Å². The molecular weight excluding hydrogens is 648 g/mol. The SMILES string of the molecule is COc1cc(OC)c2c(c1)O[C@H](c1ccc(OC)c(OC)c1)[C@@H](c1c(OC)cc(OC)c3c1O[C@H](c1ccc(OC)c(OC)c1)C(=O)C3)C2=O. The second-order valence-electron chi connectivity index (χ2n) is 11.5. The summed E-state index contributed by atoms with van der Waals surface area (Å²) in [6.45, 7) is 0. The first-order valence-electron chi connectivity index (χ1n) is 15.6. The highest BCUT2D eigenvalue weighted by Crippen LogP contribution is 2.56. The van der Waals surface area contributed by atoms with E-state index in [0.717, 1.165) is 0 Å². The van der Waals surface area contributed by atoms with Crippen LogP contribution in [0.1, 0.15) is 50.7 Å². The summed E-state index contributed by atoms with van der Waals surface area (Å²) < 4.78 is 58.3. The zero-order chi connectivity index (χ0) is 35.7. The lowest BCUT2D eigenvalue weighted by molar-refractivity contribution is -0.126. The molecule has 0 unspecified atom stereocenters. The monoisotopic (exact) mass is 686 g/mol. The minimum atomic E-state index is -1.07. The average Bonchev–Trinajstić information content (AvgIpc) is 3.15. The lowest BCUT2D eigenvalue weighted by Gasteiger charge is -2.37. The quantitative estimate of drug-likeness (QED) is 0.181. The molecule has 2 aliphatic rings. The third-order valence-electron chi connectivity index (χ3n) is 9.00. The summed E-state index contributed by atoms with van der Waals surface area (Å²) in [7, 11) is 12.1. The van der Waals surface area contributed by atoms with Gasteiger partial charge in [0.1, 0.15) is 46.2 Å². The van der Waals surface area contributed by atoms with Crippen molar-refractivity contribution in [3.8, 4) is 57.5 Å². The Balaban J connectivity index is 1.61. The maximum Gasteiger partial charge on any atom is 0.182 e. The molecule has 2 heterocycles. The lowest BCUT2D eigenvalue weighted by atomic mass is 9.78. The van der Waals surface area contributed by atoms with Crippen LogP contribution in [0.5, 0.6) is 57.5 Å². The second kappa shape index (κ2) is 14.0. The van der Waals surface area contributed by atoms with E-state index in [-0.39, 0.29) is 40.8 Å². The highest BCUT2D eigenvalue weighted by Gasteiger charge is 2.47. The van der Waals surface area contributed by atoms with Crippen LogP contribution in [-0.2, 0) is 11.2 Å². The van der Waals surface area contributed by atoms with Crippen molar-refractivity contribution in [2.75, 3.05) is 56.9 Å². The molecule has 0 spiro atoms. The molecule has 0 amide bonds. The summed E-state index contributed by atoms with van der Waals surface area (Å²) in [5, 5.41) is 0. The third-order valence-corrected chi connectivity index (χ3v) is 9.00. The lowest BCUT2D eigenvalue weighted by Crippen LogP contribution is -2.33. The summed E-state index contributed by atoms with van der Waals surface area (Å²) in [6.07, 6.45) is -2.05. The fourth-order valence-electron chi connectivity index (χ4n) is 6.59. The van der Waals surface area contributed by atoms with Crippen LogP contribution in [0, 0.1) is 0 Å². The fraction of sp³-hybridized carbons (Fsp3) is 0.316. The van der Waals surface area contributed by atoms with E-state index in [9.17, 15) is 4.79 Å². The van der Waals surface area contributed by atoms with E-state index in [0.29, 0.717) is 62.5 Å². The van der Waals surface area contributed by atoms with Gasteiger partial charge < -0.3 is 47.4 Å². The zero-order valence-corrected chi connectivity index (χ0v) is 29.0. The molecule has 262 valence electrons. The molecule has 0 N–H and O–H groups in total. The number of ketones is 2. The van der Waals surface area contributed by atoms with Gasteiger partial charge >= 0.3 is 0 Å². The minimum absolute atomic E-state index is 0.0472. The first-order valence-corrected chi connectivity index (χ1v) is 15.6. The van der Waals surface area contributed by atoms with Crippen LogP contribution in [0.4, 0.5) is 0 Å². The number of carbonyl (C=O) groups is 2. The molecule has 0 saturated carbocycles. The fourth-order valence-corrected chi connectivity index (χ4v) is 6.59. The smallest absolute Gasteiger partial charge is 0.182 e. The summed E-state index contributed by atoms with van der Waals surface area (Å²) in [5.74, 6) is 2.14. The van der Waals surface area contributed by atoms with Gasteiger partial charge in [-0.2, -0.15) is 0 Å². The average molecular weight is 687 g/mol. The van der Waals surface area contributed by atoms with Gasteiger partial charge in [0.05, 0.1) is 68.4 Å². The Labute approximate surface area is 289 Å². The summed E-state index contributed by atoms with van der Waals surface area (Å²) in [5.41, 5.74) is 2.19. The summed E-state index contributed by atoms with van der Waals surface area (Å²) in [6, 6.07) is 15.3. The van der Waals surface area contributed by atoms with E-state index >= 15 is 4.79 Å². The van der Waals surface area contributed by atoms with E-state index in [1.54, 1.807) is 54.6 Å². The molecule has 3 atom stereocenters. The van der Waals surface area contributed by atoms with Gasteiger partial charge in [-0.25, -0.2) is 0 Å². The predicted molar refractivity (Wildman–Crippen MR) is 181 cm³/mol. The Hall–Kier alpha value is -5.78. The normalized spacial score (nSPS) is 17.7. The van der Waals surface area contributed by atoms with Crippen LogP contribution in [0.3, 0.4) is 0 Å². The van der Waals surface area contributed by atoms with Crippen molar-refractivity contribution in [2.24, 2.45) is 0 Å². The van der Waals surface area contributed by atoms with E-state index < -0.39 is 18.1 Å². The van der Waals surface area contributed by atoms with E-state index in [2.05, 4.69) is 0 Å². The first-order chi connectivity index (χ1) is 24.2. The summed E-state index contributed by atoms with van der Waals surface area (Å²) in [4.78, 5) is 28.8. The molecular formula is C38H38O12. The van der Waals surface area contributed by atoms with Gasteiger partial charge in [-0.3, -0.25) is 9.59 Å². The molecule has 12 heteroatoms. The molecule has 6 rings (SSSR count). The molecule has 0 bridgehead atoms. The number of rotatable bonds is 11. The van der Waals surface area contributed by atoms with Crippen molar-refractivity contribution in [2.45, 2.75) is 24.5 Å². The van der Waals surface area contributed by atoms with Crippen molar-refractivity contribution >= 4 is 11.6 Å². The maximum absolute atomic E-state index is 15.0. The largest absolute Gasteiger partial charge is 0.496 e. The highest BCUT2D eigenvalue weighted by molar-refractivity contribution is 6.08. The second-order valence-corrected chi connectivity index (χ2v) is 11.5. The molecule has 0 saturated heterocycles. The van der Waals surface area contributed by atoms with Crippen molar-refractivity contribution in [3.05, 3.63) is 82.4 Å². The van der Waals surface area contributed by atoms with Crippen LogP contribution in [0.25, 0.3) is 0 Å². The number of hydrogen-bond donors (Lipinski definition) is 0. The number of ether oxygens (including phenoxy) is 10. The van der Waals surface area contributed by atoms with Gasteiger partial charge in [0.15, 0.2) is 40.7 Å². The molecule has 12 nitrogen and oxygen atoms in total. The minimum Gasteiger partial charge on any atom is -0.496 e. The number of hydrogen-bond acceptors (Lipinski definition) is 12. The van der Waals surface area contributed by atoms with Crippen LogP contribution >= 0.6 is 0 Å². The van der Waals surface area contributed by atoms with Gasteiger partial charge in [-0.1, -0.05) is 12.1 Å². The molecule has 0 fully saturated rings. The Morgan fingerprint density at radius 3 is 1.72 bits per heavy atom. The van der Waals surface area contributed by atoms with Gasteiger partial charge in [0, 0.05) is 35.7 Å². The molecule has 0 radical (unpaired) electrons. The molecule has 2 aliphatic heterocycles. The van der Waals surface area contributed by atoms with Crippen molar-refractivity contribution in [3.63, 3.8) is 0 Å². The predicted octanol–water partition coefficient (Wildman–Crippen LogP) is 6.10. The first kappa shape index (κ1) is 34.1. The van der Waals surface area contributed by atoms with Gasteiger partial charge in [-0.05, 0) is 29.8 Å². The topological polar surface area (TPSA) is 126 Å². The highest BCUT2D eigenvalue weighted by atomic mass is 16.5. The number of benzene rings is 4. The molecule has 4 aromatic carbocycles. The van der Waals surface area contributed by atoms with E-state index in [1.807, 2.05) is 0 Å². The van der Waals surface area contributed by atoms with Gasteiger partial charge in [0.2, 0.25) is 0 Å². The molecule has 0 aromatic heterocycles. The number of carbonyl (C=O) groups excluding carboxylic acids is 2. The Morgan fingerprint density at radius 1 is 0.560 bits per heavy atom. The van der Waals surface area contributed by atoms with Crippen molar-refractivity contribution in [1.29, 1.82) is 0 Å². The van der Waals surface area contributed by atoms with E-state index in [4.69, 9.17) is 47.4 Å². The van der Waals surface area contributed by atoms with Crippen LogP contribution < -0.4 is 47.4 Å². The standard InChI is InChI=1S/C38H38O12/c1-41-21-15-29(47-7)32-31(16-21)49-37(20-10-12-25(43-3)28(14-20)46-6)34(35(32)40)33-30(48-8)18-26(44-4)22-17-23(39)36(50-38(22)33)19-9-11-24(42-2)27(13-19)45-5/h9-16,18,34,36-37H,17H2,1-8H3/t34-,36+,37+/m0/s1. The Bertz CT molecular complexity index is 1950. The van der Waals surface area contributed by atoms with Gasteiger partial charge in [-0.15, -0.1) is 0 Å². The maximum atomic E-state index is 15.0. The molecule has 0 aliphatic carbocycles. The van der Waals surface area contributed by atoms with Crippen molar-refractivity contribution in [1.82, 2.24) is 0 Å². The Morgan fingerprint density at radius 2 is 1.14 bits per heavy atom. The number of methoxy groups -OCH3 is 8.